The number of benzene rings is 1. The van der Waals surface area contributed by atoms with Crippen molar-refractivity contribution in [3.05, 3.63) is 40.4 Å². The number of aryl methyl sites for hydroxylation is 1. The van der Waals surface area contributed by atoms with Crippen LogP contribution in [-0.2, 0) is 0 Å². The second-order valence-electron chi connectivity index (χ2n) is 4.38. The number of hydrogen-bond acceptors (Lipinski definition) is 1. The van der Waals surface area contributed by atoms with E-state index in [1.165, 1.54) is 5.56 Å². The summed E-state index contributed by atoms with van der Waals surface area (Å²) >= 11 is 6.27. The predicted octanol–water partition coefficient (Wildman–Crippen LogP) is 5.04. The van der Waals surface area contributed by atoms with E-state index in [2.05, 4.69) is 20.4 Å². The van der Waals surface area contributed by atoms with Crippen molar-refractivity contribution in [3.8, 4) is 5.75 Å². The Balaban J connectivity index is 3.41. The van der Waals surface area contributed by atoms with Crippen LogP contribution in [0.15, 0.2) is 18.7 Å². The lowest BCUT2D eigenvalue weighted by Crippen LogP contribution is -2.04. The van der Waals surface area contributed by atoms with Gasteiger partial charge in [0, 0.05) is 10.6 Å². The molecule has 0 heterocycles. The van der Waals surface area contributed by atoms with Crippen LogP contribution in [0.2, 0.25) is 5.02 Å². The normalized spacial score (nSPS) is 12.3. The average molecular weight is 253 g/mol. The Hall–Kier alpha value is -0.950. The second kappa shape index (κ2) is 6.11. The van der Waals surface area contributed by atoms with E-state index >= 15 is 0 Å². The van der Waals surface area contributed by atoms with Crippen molar-refractivity contribution in [2.45, 2.75) is 39.5 Å². The van der Waals surface area contributed by atoms with Crippen molar-refractivity contribution < 1.29 is 4.74 Å². The van der Waals surface area contributed by atoms with Gasteiger partial charge in [0.05, 0.1) is 7.11 Å². The van der Waals surface area contributed by atoms with Crippen molar-refractivity contribution in [3.63, 3.8) is 0 Å². The van der Waals surface area contributed by atoms with Gasteiger partial charge in [-0.3, -0.25) is 0 Å². The van der Waals surface area contributed by atoms with Crippen LogP contribution in [-0.4, -0.2) is 7.11 Å². The fourth-order valence-corrected chi connectivity index (χ4v) is 2.59. The minimum atomic E-state index is 0.430. The minimum Gasteiger partial charge on any atom is -0.496 e. The maximum atomic E-state index is 6.27. The molecule has 0 spiro atoms. The lowest BCUT2D eigenvalue weighted by molar-refractivity contribution is 0.400. The zero-order valence-corrected chi connectivity index (χ0v) is 11.9. The highest BCUT2D eigenvalue weighted by atomic mass is 35.5. The molecule has 0 saturated heterocycles. The Kier molecular flexibility index (Phi) is 5.07. The summed E-state index contributed by atoms with van der Waals surface area (Å²) in [5.74, 6) is 1.40. The molecule has 1 nitrogen and oxygen atoms in total. The zero-order valence-electron chi connectivity index (χ0n) is 11.1. The maximum absolute atomic E-state index is 6.27. The van der Waals surface area contributed by atoms with E-state index in [1.54, 1.807) is 7.11 Å². The summed E-state index contributed by atoms with van der Waals surface area (Å²) in [7, 11) is 1.72. The van der Waals surface area contributed by atoms with Gasteiger partial charge in [-0.05, 0) is 49.8 Å². The number of allylic oxidation sites excluding steroid dienone is 1. The third-order valence-electron chi connectivity index (χ3n) is 3.26. The number of ether oxygens (including phenoxy) is 1. The molecule has 0 N–H and O–H groups in total. The van der Waals surface area contributed by atoms with Gasteiger partial charge in [-0.25, -0.2) is 0 Å². The van der Waals surface area contributed by atoms with Crippen LogP contribution in [0.4, 0.5) is 0 Å². The second-order valence-corrected chi connectivity index (χ2v) is 4.78. The monoisotopic (exact) mass is 252 g/mol. The summed E-state index contributed by atoms with van der Waals surface area (Å²) in [6.07, 6.45) is 3.97. The van der Waals surface area contributed by atoms with Gasteiger partial charge in [-0.2, -0.15) is 0 Å². The molecule has 0 amide bonds. The fraction of sp³-hybridized carbons (Fsp3) is 0.467. The van der Waals surface area contributed by atoms with Gasteiger partial charge in [0.1, 0.15) is 5.75 Å². The van der Waals surface area contributed by atoms with Crippen LogP contribution >= 0.6 is 11.6 Å². The quantitative estimate of drug-likeness (QED) is 0.668. The van der Waals surface area contributed by atoms with E-state index in [1.807, 2.05) is 19.1 Å². The van der Waals surface area contributed by atoms with E-state index in [0.29, 0.717) is 5.92 Å². The van der Waals surface area contributed by atoms with Gasteiger partial charge in [0.15, 0.2) is 0 Å². The van der Waals surface area contributed by atoms with Gasteiger partial charge in [-0.1, -0.05) is 24.6 Å². The number of halogens is 1. The van der Waals surface area contributed by atoms with E-state index in [0.717, 1.165) is 34.7 Å². The van der Waals surface area contributed by atoms with Crippen molar-refractivity contribution >= 4 is 11.6 Å². The number of rotatable bonds is 5. The first-order valence-corrected chi connectivity index (χ1v) is 6.39. The van der Waals surface area contributed by atoms with E-state index in [-0.39, 0.29) is 0 Å². The molecule has 0 aliphatic heterocycles. The fourth-order valence-electron chi connectivity index (χ4n) is 2.33. The first kappa shape index (κ1) is 14.1. The van der Waals surface area contributed by atoms with Gasteiger partial charge in [-0.15, -0.1) is 6.58 Å². The molecule has 1 unspecified atom stereocenters. The lowest BCUT2D eigenvalue weighted by Gasteiger charge is -2.22. The Morgan fingerprint density at radius 2 is 2.12 bits per heavy atom. The summed E-state index contributed by atoms with van der Waals surface area (Å²) in [5.41, 5.74) is 3.46. The van der Waals surface area contributed by atoms with E-state index < -0.39 is 0 Å². The molecule has 94 valence electrons. The third-order valence-corrected chi connectivity index (χ3v) is 3.66. The Morgan fingerprint density at radius 1 is 1.47 bits per heavy atom. The van der Waals surface area contributed by atoms with Crippen LogP contribution in [0.1, 0.15) is 42.4 Å². The highest BCUT2D eigenvalue weighted by Gasteiger charge is 2.19. The molecule has 0 aliphatic rings. The summed E-state index contributed by atoms with van der Waals surface area (Å²) in [6.45, 7) is 10.1. The SMILES string of the molecule is C=CCC(CC)c1c(C)c(Cl)cc(C)c1OC. The predicted molar refractivity (Wildman–Crippen MR) is 75.3 cm³/mol. The van der Waals surface area contributed by atoms with Crippen LogP contribution < -0.4 is 4.74 Å². The lowest BCUT2D eigenvalue weighted by atomic mass is 9.87. The Labute approximate surface area is 109 Å². The molecular weight excluding hydrogens is 232 g/mol. The maximum Gasteiger partial charge on any atom is 0.125 e. The van der Waals surface area contributed by atoms with Crippen molar-refractivity contribution in [1.82, 2.24) is 0 Å². The zero-order chi connectivity index (χ0) is 13.0. The summed E-state index contributed by atoms with van der Waals surface area (Å²) in [4.78, 5) is 0. The molecule has 0 fully saturated rings. The molecule has 0 radical (unpaired) electrons. The Morgan fingerprint density at radius 3 is 2.59 bits per heavy atom. The van der Waals surface area contributed by atoms with Crippen molar-refractivity contribution in [2.75, 3.05) is 7.11 Å². The first-order valence-electron chi connectivity index (χ1n) is 6.01. The molecular formula is C15H21ClO. The minimum absolute atomic E-state index is 0.430. The third kappa shape index (κ3) is 2.84. The van der Waals surface area contributed by atoms with Gasteiger partial charge >= 0.3 is 0 Å². The Bertz CT molecular complexity index is 410. The standard InChI is InChI=1S/C15H21ClO/c1-6-8-12(7-2)14-11(4)13(16)9-10(3)15(14)17-5/h6,9,12H,1,7-8H2,2-5H3. The molecule has 0 bridgehead atoms. The molecule has 1 aromatic rings. The summed E-state index contributed by atoms with van der Waals surface area (Å²) in [6, 6.07) is 1.97. The van der Waals surface area contributed by atoms with E-state index in [4.69, 9.17) is 16.3 Å². The van der Waals surface area contributed by atoms with Gasteiger partial charge in [0.25, 0.3) is 0 Å². The number of methoxy groups -OCH3 is 1. The van der Waals surface area contributed by atoms with Crippen LogP contribution in [0.25, 0.3) is 0 Å². The molecule has 1 aromatic carbocycles. The van der Waals surface area contributed by atoms with Gasteiger partial charge in [0.2, 0.25) is 0 Å². The number of hydrogen-bond donors (Lipinski definition) is 0. The van der Waals surface area contributed by atoms with E-state index in [9.17, 15) is 0 Å². The molecule has 17 heavy (non-hydrogen) atoms. The molecule has 0 aliphatic carbocycles. The largest absolute Gasteiger partial charge is 0.496 e. The van der Waals surface area contributed by atoms with Crippen LogP contribution in [0.3, 0.4) is 0 Å². The molecule has 1 rings (SSSR count). The smallest absolute Gasteiger partial charge is 0.125 e. The highest BCUT2D eigenvalue weighted by molar-refractivity contribution is 6.31. The molecule has 2 heteroatoms. The van der Waals surface area contributed by atoms with Crippen LogP contribution in [0.5, 0.6) is 5.75 Å². The molecule has 0 saturated carbocycles. The summed E-state index contributed by atoms with van der Waals surface area (Å²) < 4.78 is 5.55. The molecule has 1 atom stereocenters. The van der Waals surface area contributed by atoms with Gasteiger partial charge < -0.3 is 4.74 Å². The highest BCUT2D eigenvalue weighted by Crippen LogP contribution is 2.39. The molecule has 0 aromatic heterocycles. The first-order chi connectivity index (χ1) is 8.06. The van der Waals surface area contributed by atoms with Crippen molar-refractivity contribution in [2.24, 2.45) is 0 Å². The van der Waals surface area contributed by atoms with Crippen LogP contribution in [0, 0.1) is 13.8 Å². The van der Waals surface area contributed by atoms with Crippen molar-refractivity contribution in [1.29, 1.82) is 0 Å². The topological polar surface area (TPSA) is 9.23 Å². The average Bonchev–Trinajstić information content (AvgIpc) is 2.31. The summed E-state index contributed by atoms with van der Waals surface area (Å²) in [5, 5.41) is 0.820.